The van der Waals surface area contributed by atoms with Gasteiger partial charge in [-0.3, -0.25) is 9.88 Å². The lowest BCUT2D eigenvalue weighted by atomic mass is 10.2. The van der Waals surface area contributed by atoms with Gasteiger partial charge in [0.15, 0.2) is 0 Å². The molecule has 0 N–H and O–H groups in total. The van der Waals surface area contributed by atoms with Gasteiger partial charge < -0.3 is 9.64 Å². The van der Waals surface area contributed by atoms with Gasteiger partial charge in [-0.15, -0.1) is 0 Å². The zero-order valence-electron chi connectivity index (χ0n) is 12.7. The smallest absolute Gasteiger partial charge is 0.128 e. The Morgan fingerprint density at radius 2 is 1.91 bits per heavy atom. The van der Waals surface area contributed by atoms with Crippen LogP contribution in [0.25, 0.3) is 0 Å². The molecular weight excluding hydrogens is 274 g/mol. The Morgan fingerprint density at radius 3 is 2.64 bits per heavy atom. The maximum absolute atomic E-state index is 5.69. The summed E-state index contributed by atoms with van der Waals surface area (Å²) in [4.78, 5) is 9.00. The van der Waals surface area contributed by atoms with Crippen molar-refractivity contribution in [2.75, 3.05) is 44.2 Å². The lowest BCUT2D eigenvalue weighted by Gasteiger charge is -2.36. The summed E-state index contributed by atoms with van der Waals surface area (Å²) in [5, 5.41) is 0. The molecule has 2 aliphatic rings. The molecule has 1 aromatic heterocycles. The van der Waals surface area contributed by atoms with E-state index in [2.05, 4.69) is 38.4 Å². The van der Waals surface area contributed by atoms with Crippen LogP contribution in [-0.2, 0) is 4.74 Å². The maximum Gasteiger partial charge on any atom is 0.128 e. The molecule has 0 radical (unpaired) electrons. The molecule has 0 aromatic carbocycles. The van der Waals surface area contributed by atoms with E-state index in [9.17, 15) is 0 Å². The van der Waals surface area contributed by atoms with Crippen molar-refractivity contribution < 1.29 is 4.74 Å². The molecule has 0 spiro atoms. The second kappa shape index (κ2) is 7.67. The molecule has 114 valence electrons. The first-order valence-corrected chi connectivity index (χ1v) is 7.80. The molecule has 1 aliphatic carbocycles. The third kappa shape index (κ3) is 4.12. The minimum atomic E-state index is 0.752. The third-order valence-corrected chi connectivity index (χ3v) is 3.92. The molecule has 1 aliphatic heterocycles. The van der Waals surface area contributed by atoms with Crippen LogP contribution in [0.5, 0.6) is 0 Å². The summed E-state index contributed by atoms with van der Waals surface area (Å²) in [5.74, 6) is 0.876. The van der Waals surface area contributed by atoms with E-state index in [1.54, 1.807) is 0 Å². The van der Waals surface area contributed by atoms with Crippen molar-refractivity contribution >= 4 is 5.69 Å². The Kier molecular flexibility index (Phi) is 5.12. The number of hydrogen-bond donors (Lipinski definition) is 0. The Hall–Kier alpha value is -2.25. The van der Waals surface area contributed by atoms with Crippen LogP contribution in [0.1, 0.15) is 6.42 Å². The van der Waals surface area contributed by atoms with Gasteiger partial charge in [-0.25, -0.2) is 0 Å². The van der Waals surface area contributed by atoms with Crippen LogP contribution in [0, 0.1) is 0 Å². The first-order chi connectivity index (χ1) is 10.9. The van der Waals surface area contributed by atoms with Crippen LogP contribution in [0.4, 0.5) is 5.69 Å². The molecule has 1 saturated heterocycles. The number of rotatable bonds is 6. The van der Waals surface area contributed by atoms with Crippen molar-refractivity contribution in [2.24, 2.45) is 0 Å². The first-order valence-electron chi connectivity index (χ1n) is 7.80. The predicted molar refractivity (Wildman–Crippen MR) is 87.7 cm³/mol. The van der Waals surface area contributed by atoms with E-state index < -0.39 is 0 Å². The molecule has 0 bridgehead atoms. The number of hydrogen-bond acceptors (Lipinski definition) is 4. The van der Waals surface area contributed by atoms with Gasteiger partial charge in [0, 0.05) is 56.9 Å². The number of nitrogens with zero attached hydrogens (tertiary/aromatic N) is 3. The second-order valence-electron chi connectivity index (χ2n) is 5.40. The highest BCUT2D eigenvalue weighted by atomic mass is 16.5. The fraction of sp³-hybridized carbons (Fsp3) is 0.389. The quantitative estimate of drug-likeness (QED) is 0.595. The molecule has 22 heavy (non-hydrogen) atoms. The summed E-state index contributed by atoms with van der Waals surface area (Å²) in [7, 11) is 0. The highest BCUT2D eigenvalue weighted by Crippen LogP contribution is 2.14. The van der Waals surface area contributed by atoms with E-state index >= 15 is 0 Å². The van der Waals surface area contributed by atoms with Crippen molar-refractivity contribution in [3.8, 4) is 0 Å². The van der Waals surface area contributed by atoms with Crippen LogP contribution in [0.15, 0.2) is 60.0 Å². The number of allylic oxidation sites excluding steroid dienone is 3. The summed E-state index contributed by atoms with van der Waals surface area (Å²) >= 11 is 0. The summed E-state index contributed by atoms with van der Waals surface area (Å²) in [6.07, 6.45) is 10.3. The van der Waals surface area contributed by atoms with Crippen molar-refractivity contribution in [1.29, 1.82) is 0 Å². The van der Waals surface area contributed by atoms with Crippen molar-refractivity contribution in [2.45, 2.75) is 6.42 Å². The normalized spacial score (nSPS) is 17.6. The molecule has 4 nitrogen and oxygen atoms in total. The van der Waals surface area contributed by atoms with E-state index in [4.69, 9.17) is 4.74 Å². The van der Waals surface area contributed by atoms with Gasteiger partial charge in [0.2, 0.25) is 0 Å². The monoisotopic (exact) mass is 295 g/mol. The van der Waals surface area contributed by atoms with E-state index in [1.807, 2.05) is 30.6 Å². The van der Waals surface area contributed by atoms with E-state index in [-0.39, 0.29) is 0 Å². The second-order valence-corrected chi connectivity index (χ2v) is 5.40. The van der Waals surface area contributed by atoms with Gasteiger partial charge in [-0.2, -0.15) is 0 Å². The van der Waals surface area contributed by atoms with Crippen molar-refractivity contribution in [1.82, 2.24) is 9.88 Å². The van der Waals surface area contributed by atoms with Gasteiger partial charge in [0.05, 0.1) is 6.61 Å². The zero-order valence-corrected chi connectivity index (χ0v) is 12.7. The zero-order chi connectivity index (χ0) is 15.0. The molecule has 4 heteroatoms. The average molecular weight is 295 g/mol. The van der Waals surface area contributed by atoms with Gasteiger partial charge in [0.1, 0.15) is 5.76 Å². The number of piperazine rings is 1. The topological polar surface area (TPSA) is 28.6 Å². The standard InChI is InChI=1S/C18H21N3O/c1-2-5-18(6-3-1)22-16-4-11-20-12-14-21(15-13-20)17-7-9-19-10-8-17/h2,5-10H,4,11-16H2. The predicted octanol–water partition coefficient (Wildman–Crippen LogP) is 2.37. The van der Waals surface area contributed by atoms with Crippen LogP contribution in [0.2, 0.25) is 0 Å². The van der Waals surface area contributed by atoms with Crippen molar-refractivity contribution in [3.05, 3.63) is 60.0 Å². The number of ether oxygens (including phenoxy) is 1. The van der Waals surface area contributed by atoms with Crippen molar-refractivity contribution in [3.63, 3.8) is 0 Å². The lowest BCUT2D eigenvalue weighted by molar-refractivity contribution is 0.186. The molecule has 1 fully saturated rings. The Morgan fingerprint density at radius 1 is 1.09 bits per heavy atom. The number of aromatic nitrogens is 1. The molecule has 0 amide bonds. The molecule has 1 aromatic rings. The fourth-order valence-electron chi connectivity index (χ4n) is 2.69. The molecule has 0 saturated carbocycles. The number of anilines is 1. The highest BCUT2D eigenvalue weighted by Gasteiger charge is 2.16. The van der Waals surface area contributed by atoms with E-state index in [1.165, 1.54) is 5.69 Å². The number of pyridine rings is 1. The van der Waals surface area contributed by atoms with Crippen LogP contribution in [0.3, 0.4) is 0 Å². The highest BCUT2D eigenvalue weighted by molar-refractivity contribution is 5.44. The third-order valence-electron chi connectivity index (χ3n) is 3.92. The van der Waals surface area contributed by atoms with E-state index in [0.717, 1.165) is 51.5 Å². The van der Waals surface area contributed by atoms with E-state index in [0.29, 0.717) is 0 Å². The minimum absolute atomic E-state index is 0.752. The van der Waals surface area contributed by atoms with Gasteiger partial charge in [-0.05, 0) is 30.7 Å². The molecular formula is C18H21N3O. The summed E-state index contributed by atoms with van der Waals surface area (Å²) < 4.78 is 5.69. The van der Waals surface area contributed by atoms with Gasteiger partial charge in [0.25, 0.3) is 0 Å². The summed E-state index contributed by atoms with van der Waals surface area (Å²) in [5.41, 5.74) is 7.05. The van der Waals surface area contributed by atoms with Gasteiger partial charge >= 0.3 is 0 Å². The summed E-state index contributed by atoms with van der Waals surface area (Å²) in [6, 6.07) is 4.16. The Labute approximate surface area is 131 Å². The SMILES string of the molecule is C1=C=CC(OCCCN2CCN(c3ccncc3)CC2)=CC=1. The first kappa shape index (κ1) is 14.7. The Bertz CT molecular complexity index is 602. The largest absolute Gasteiger partial charge is 0.493 e. The Balaban J connectivity index is 1.33. The molecule has 3 rings (SSSR count). The van der Waals surface area contributed by atoms with Crippen LogP contribution >= 0.6 is 0 Å². The maximum atomic E-state index is 5.69. The summed E-state index contributed by atoms with van der Waals surface area (Å²) in [6.45, 7) is 6.21. The minimum Gasteiger partial charge on any atom is -0.493 e. The average Bonchev–Trinajstić information content (AvgIpc) is 2.61. The van der Waals surface area contributed by atoms with Crippen LogP contribution < -0.4 is 4.90 Å². The van der Waals surface area contributed by atoms with Gasteiger partial charge in [-0.1, -0.05) is 11.5 Å². The van der Waals surface area contributed by atoms with Crippen LogP contribution in [-0.4, -0.2) is 49.2 Å². The fourth-order valence-corrected chi connectivity index (χ4v) is 2.69. The lowest BCUT2D eigenvalue weighted by Crippen LogP contribution is -2.46. The molecule has 2 heterocycles. The molecule has 0 unspecified atom stereocenters. The molecule has 0 atom stereocenters.